The fraction of sp³-hybridized carbons (Fsp3) is 0.480. The quantitative estimate of drug-likeness (QED) is 0.0261. The highest BCUT2D eigenvalue weighted by Gasteiger charge is 2.19. The van der Waals surface area contributed by atoms with Gasteiger partial charge < -0.3 is 14.2 Å². The first-order valence-electron chi connectivity index (χ1n) is 31.2. The maximum Gasteiger partial charge on any atom is 0.309 e. The van der Waals surface area contributed by atoms with Crippen molar-refractivity contribution in [1.82, 2.24) is 0 Å². The van der Waals surface area contributed by atoms with Crippen molar-refractivity contribution in [3.8, 4) is 0 Å². The van der Waals surface area contributed by atoms with Crippen molar-refractivity contribution in [3.05, 3.63) is 219 Å². The third kappa shape index (κ3) is 64.4. The molecular formula is C75H110O6. The SMILES string of the molecule is CC/C=C\C/C=C\C/C=C\C/C=C\C/C=C\C/C=C\C/C=C\C/C=C\CCCCCCC(=O)OCC(COC(=O)C/C=C\C/C=C\C/C=C\C/C=C\C/C=C\CC)OC(=O)CCCCC/C=C\C/C=C\C/C=C\C/C=C\C/C=C\CC. The molecular weight excluding hydrogens is 997 g/mol. The van der Waals surface area contributed by atoms with Crippen molar-refractivity contribution in [3.63, 3.8) is 0 Å². The Morgan fingerprint density at radius 1 is 0.259 bits per heavy atom. The molecule has 0 bridgehead atoms. The molecule has 0 aromatic heterocycles. The summed E-state index contributed by atoms with van der Waals surface area (Å²) in [7, 11) is 0. The average molecular weight is 1110 g/mol. The summed E-state index contributed by atoms with van der Waals surface area (Å²) in [6.45, 7) is 6.13. The van der Waals surface area contributed by atoms with E-state index in [0.717, 1.165) is 161 Å². The zero-order chi connectivity index (χ0) is 58.5. The number of esters is 3. The predicted octanol–water partition coefficient (Wildman–Crippen LogP) is 21.8. The van der Waals surface area contributed by atoms with Gasteiger partial charge in [-0.3, -0.25) is 14.4 Å². The molecule has 0 saturated carbocycles. The summed E-state index contributed by atoms with van der Waals surface area (Å²) < 4.78 is 16.7. The molecule has 0 spiro atoms. The van der Waals surface area contributed by atoms with Crippen molar-refractivity contribution in [2.45, 2.75) is 219 Å². The molecule has 446 valence electrons. The minimum atomic E-state index is -0.863. The average Bonchev–Trinajstić information content (AvgIpc) is 3.47. The Labute approximate surface area is 495 Å². The smallest absolute Gasteiger partial charge is 0.309 e. The molecule has 0 rings (SSSR count). The van der Waals surface area contributed by atoms with Gasteiger partial charge in [0.2, 0.25) is 0 Å². The third-order valence-electron chi connectivity index (χ3n) is 12.0. The largest absolute Gasteiger partial charge is 0.462 e. The Bertz CT molecular complexity index is 2050. The van der Waals surface area contributed by atoms with Gasteiger partial charge in [-0.25, -0.2) is 0 Å². The number of allylic oxidation sites excluding steroid dienone is 35. The number of rotatable bonds is 53. The Balaban J connectivity index is 4.58. The maximum absolute atomic E-state index is 12.9. The van der Waals surface area contributed by atoms with E-state index in [0.29, 0.717) is 19.3 Å². The van der Waals surface area contributed by atoms with Gasteiger partial charge in [0, 0.05) is 12.8 Å². The van der Waals surface area contributed by atoms with E-state index in [-0.39, 0.29) is 38.0 Å². The number of carbonyl (C=O) groups excluding carboxylic acids is 3. The van der Waals surface area contributed by atoms with Crippen LogP contribution in [0, 0.1) is 0 Å². The molecule has 6 nitrogen and oxygen atoms in total. The molecule has 0 aromatic rings. The van der Waals surface area contributed by atoms with Crippen LogP contribution in [-0.4, -0.2) is 37.2 Å². The number of ether oxygens (including phenoxy) is 3. The zero-order valence-electron chi connectivity index (χ0n) is 50.9. The van der Waals surface area contributed by atoms with Crippen LogP contribution in [0.1, 0.15) is 213 Å². The summed E-state index contributed by atoms with van der Waals surface area (Å²) in [6, 6.07) is 0. The summed E-state index contributed by atoms with van der Waals surface area (Å²) in [5, 5.41) is 0. The van der Waals surface area contributed by atoms with Crippen molar-refractivity contribution in [2.75, 3.05) is 13.2 Å². The van der Waals surface area contributed by atoms with Crippen molar-refractivity contribution in [2.24, 2.45) is 0 Å². The van der Waals surface area contributed by atoms with Gasteiger partial charge in [-0.05, 0) is 154 Å². The highest BCUT2D eigenvalue weighted by Crippen LogP contribution is 2.11. The summed E-state index contributed by atoms with van der Waals surface area (Å²) in [4.78, 5) is 38.2. The minimum absolute atomic E-state index is 0.102. The van der Waals surface area contributed by atoms with Gasteiger partial charge in [-0.1, -0.05) is 259 Å². The molecule has 0 N–H and O–H groups in total. The fourth-order valence-electron chi connectivity index (χ4n) is 7.44. The molecule has 0 amide bonds. The molecule has 0 aliphatic heterocycles. The monoisotopic (exact) mass is 1110 g/mol. The summed E-state index contributed by atoms with van der Waals surface area (Å²) in [6.07, 6.45) is 104. The van der Waals surface area contributed by atoms with Gasteiger partial charge in [-0.15, -0.1) is 0 Å². The molecule has 0 saturated heterocycles. The Morgan fingerprint density at radius 2 is 0.494 bits per heavy atom. The van der Waals surface area contributed by atoms with Gasteiger partial charge in [-0.2, -0.15) is 0 Å². The van der Waals surface area contributed by atoms with Gasteiger partial charge in [0.1, 0.15) is 13.2 Å². The van der Waals surface area contributed by atoms with Crippen LogP contribution in [0.4, 0.5) is 0 Å². The van der Waals surface area contributed by atoms with Crippen molar-refractivity contribution in [1.29, 1.82) is 0 Å². The normalized spacial score (nSPS) is 13.7. The summed E-state index contributed by atoms with van der Waals surface area (Å²) in [5.74, 6) is -1.15. The number of hydrogen-bond donors (Lipinski definition) is 0. The molecule has 0 aromatic carbocycles. The Kier molecular flexibility index (Phi) is 61.1. The van der Waals surface area contributed by atoms with Crippen LogP contribution in [0.25, 0.3) is 0 Å². The first-order chi connectivity index (χ1) is 40.0. The van der Waals surface area contributed by atoms with Crippen LogP contribution in [-0.2, 0) is 28.6 Å². The lowest BCUT2D eigenvalue weighted by atomic mass is 10.1. The van der Waals surface area contributed by atoms with Crippen LogP contribution in [0.15, 0.2) is 219 Å². The van der Waals surface area contributed by atoms with Crippen molar-refractivity contribution < 1.29 is 28.6 Å². The topological polar surface area (TPSA) is 78.9 Å². The Hall–Kier alpha value is -6.27. The second-order valence-corrected chi connectivity index (χ2v) is 19.5. The highest BCUT2D eigenvalue weighted by atomic mass is 16.6. The number of hydrogen-bond acceptors (Lipinski definition) is 6. The summed E-state index contributed by atoms with van der Waals surface area (Å²) in [5.41, 5.74) is 0. The lowest BCUT2D eigenvalue weighted by molar-refractivity contribution is -0.166. The van der Waals surface area contributed by atoms with Crippen LogP contribution in [0.2, 0.25) is 0 Å². The van der Waals surface area contributed by atoms with E-state index >= 15 is 0 Å². The first kappa shape index (κ1) is 74.7. The second-order valence-electron chi connectivity index (χ2n) is 19.5. The molecule has 0 radical (unpaired) electrons. The first-order valence-corrected chi connectivity index (χ1v) is 31.2. The lowest BCUT2D eigenvalue weighted by Gasteiger charge is -2.18. The van der Waals surface area contributed by atoms with E-state index < -0.39 is 12.1 Å². The molecule has 1 unspecified atom stereocenters. The Morgan fingerprint density at radius 3 is 0.802 bits per heavy atom. The minimum Gasteiger partial charge on any atom is -0.462 e. The van der Waals surface area contributed by atoms with Gasteiger partial charge in [0.05, 0.1) is 6.42 Å². The van der Waals surface area contributed by atoms with Gasteiger partial charge >= 0.3 is 17.9 Å². The second kappa shape index (κ2) is 66.2. The molecule has 0 aliphatic rings. The van der Waals surface area contributed by atoms with E-state index in [1.54, 1.807) is 6.08 Å². The van der Waals surface area contributed by atoms with E-state index in [1.165, 1.54) is 0 Å². The highest BCUT2D eigenvalue weighted by molar-refractivity contribution is 5.72. The zero-order valence-corrected chi connectivity index (χ0v) is 50.9. The lowest BCUT2D eigenvalue weighted by Crippen LogP contribution is -2.30. The standard InChI is InChI=1S/C75H110O6/c1-4-7-10-13-16-19-22-25-28-30-32-33-34-35-36-37-38-39-40-41-43-44-47-50-53-56-59-62-65-68-74(77)80-71-72(70-79-73(76)67-64-61-58-55-52-49-46-27-24-21-18-15-12-9-6-3)81-75(78)69-66-63-60-57-54-51-48-45-42-31-29-26-23-20-17-14-11-8-5-2/h7-12,16-21,25-29,32-33,35-36,38-39,41-43,45-47,50-52,54-55,61,64,72H,4-6,13-15,22-24,30-31,34,37,40,44,48-49,53,56-60,62-63,65-71H2,1-3H3/b10-7-,11-8-,12-9-,19-16-,20-17-,21-18-,28-25-,29-26-,33-32-,36-35-,39-38-,43-41-,45-42-,46-27-,50-47-,54-51-,55-52-,64-61-. The van der Waals surface area contributed by atoms with Crippen LogP contribution in [0.5, 0.6) is 0 Å². The number of unbranched alkanes of at least 4 members (excludes halogenated alkanes) is 7. The molecule has 1 atom stereocenters. The van der Waals surface area contributed by atoms with E-state index in [1.807, 2.05) is 6.08 Å². The molecule has 0 heterocycles. The molecule has 0 aliphatic carbocycles. The van der Waals surface area contributed by atoms with E-state index in [2.05, 4.69) is 227 Å². The van der Waals surface area contributed by atoms with Crippen LogP contribution in [0.3, 0.4) is 0 Å². The van der Waals surface area contributed by atoms with Crippen LogP contribution < -0.4 is 0 Å². The van der Waals surface area contributed by atoms with Gasteiger partial charge in [0.25, 0.3) is 0 Å². The number of carbonyl (C=O) groups is 3. The molecule has 0 fully saturated rings. The summed E-state index contributed by atoms with van der Waals surface area (Å²) >= 11 is 0. The van der Waals surface area contributed by atoms with Crippen molar-refractivity contribution >= 4 is 17.9 Å². The third-order valence-corrected chi connectivity index (χ3v) is 12.0. The predicted molar refractivity (Wildman–Crippen MR) is 352 cm³/mol. The van der Waals surface area contributed by atoms with E-state index in [4.69, 9.17) is 14.2 Å². The van der Waals surface area contributed by atoms with E-state index in [9.17, 15) is 14.4 Å². The van der Waals surface area contributed by atoms with Crippen LogP contribution >= 0.6 is 0 Å². The van der Waals surface area contributed by atoms with Gasteiger partial charge in [0.15, 0.2) is 6.10 Å². The molecule has 81 heavy (non-hydrogen) atoms. The maximum atomic E-state index is 12.9. The molecule has 6 heteroatoms. The fourth-order valence-corrected chi connectivity index (χ4v) is 7.44.